The summed E-state index contributed by atoms with van der Waals surface area (Å²) in [5.41, 5.74) is 2.11. The normalized spacial score (nSPS) is 13.5. The van der Waals surface area contributed by atoms with E-state index >= 15 is 0 Å². The van der Waals surface area contributed by atoms with Gasteiger partial charge in [-0.2, -0.15) is 0 Å². The summed E-state index contributed by atoms with van der Waals surface area (Å²) in [5, 5.41) is 8.88. The molecule has 0 aromatic heterocycles. The maximum atomic E-state index is 10.8. The van der Waals surface area contributed by atoms with Crippen molar-refractivity contribution in [2.75, 3.05) is 25.6 Å². The Morgan fingerprint density at radius 3 is 2.81 bits per heavy atom. The van der Waals surface area contributed by atoms with E-state index in [1.54, 1.807) is 6.08 Å². The summed E-state index contributed by atoms with van der Waals surface area (Å²) in [7, 11) is 3.88. The van der Waals surface area contributed by atoms with Crippen LogP contribution in [0.25, 0.3) is 6.08 Å². The Kier molecular flexibility index (Phi) is 2.56. The van der Waals surface area contributed by atoms with E-state index < -0.39 is 5.97 Å². The van der Waals surface area contributed by atoms with Gasteiger partial charge >= 0.3 is 5.97 Å². The van der Waals surface area contributed by atoms with Crippen LogP contribution in [0, 0.1) is 0 Å². The summed E-state index contributed by atoms with van der Waals surface area (Å²) in [6.45, 7) is 0.129. The molecule has 0 amide bonds. The van der Waals surface area contributed by atoms with Gasteiger partial charge < -0.3 is 14.7 Å². The molecule has 1 N–H and O–H groups in total. The smallest absolute Gasteiger partial charge is 0.335 e. The van der Waals surface area contributed by atoms with Gasteiger partial charge in [-0.05, 0) is 24.3 Å². The molecule has 0 fully saturated rings. The Morgan fingerprint density at radius 2 is 2.19 bits per heavy atom. The fourth-order valence-corrected chi connectivity index (χ4v) is 1.57. The molecule has 4 heteroatoms. The third kappa shape index (κ3) is 1.86. The lowest BCUT2D eigenvalue weighted by molar-refractivity contribution is -0.132. The Bertz CT molecular complexity index is 463. The zero-order chi connectivity index (χ0) is 11.7. The van der Waals surface area contributed by atoms with Crippen LogP contribution >= 0.6 is 0 Å². The molecule has 0 unspecified atom stereocenters. The van der Waals surface area contributed by atoms with Crippen LogP contribution in [0.4, 0.5) is 5.69 Å². The first-order valence-electron chi connectivity index (χ1n) is 4.96. The van der Waals surface area contributed by atoms with Gasteiger partial charge in [0, 0.05) is 25.3 Å². The van der Waals surface area contributed by atoms with Crippen LogP contribution < -0.4 is 9.64 Å². The molecule has 0 radical (unpaired) electrons. The summed E-state index contributed by atoms with van der Waals surface area (Å²) in [6, 6.07) is 5.72. The maximum absolute atomic E-state index is 10.8. The van der Waals surface area contributed by atoms with Crippen LogP contribution in [0.5, 0.6) is 5.75 Å². The van der Waals surface area contributed by atoms with Crippen molar-refractivity contribution in [1.29, 1.82) is 0 Å². The lowest BCUT2D eigenvalue weighted by Gasteiger charge is -2.19. The third-order valence-electron chi connectivity index (χ3n) is 2.50. The lowest BCUT2D eigenvalue weighted by Crippen LogP contribution is -2.15. The van der Waals surface area contributed by atoms with Crippen LogP contribution in [0.3, 0.4) is 0 Å². The first-order chi connectivity index (χ1) is 7.58. The van der Waals surface area contributed by atoms with E-state index in [-0.39, 0.29) is 12.2 Å². The number of rotatable bonds is 2. The third-order valence-corrected chi connectivity index (χ3v) is 2.50. The van der Waals surface area contributed by atoms with E-state index in [0.717, 1.165) is 17.0 Å². The second-order valence-electron chi connectivity index (χ2n) is 3.88. The van der Waals surface area contributed by atoms with E-state index in [4.69, 9.17) is 9.84 Å². The second-order valence-corrected chi connectivity index (χ2v) is 3.88. The molecule has 84 valence electrons. The van der Waals surface area contributed by atoms with Crippen molar-refractivity contribution in [2.45, 2.75) is 0 Å². The van der Waals surface area contributed by atoms with E-state index in [2.05, 4.69) is 0 Å². The molecule has 4 nitrogen and oxygen atoms in total. The highest BCUT2D eigenvalue weighted by atomic mass is 16.5. The van der Waals surface area contributed by atoms with Crippen molar-refractivity contribution in [1.82, 2.24) is 0 Å². The Labute approximate surface area is 93.8 Å². The topological polar surface area (TPSA) is 49.8 Å². The van der Waals surface area contributed by atoms with E-state index in [0.29, 0.717) is 0 Å². The predicted molar refractivity (Wildman–Crippen MR) is 61.9 cm³/mol. The number of fused-ring (bicyclic) bond motifs is 1. The van der Waals surface area contributed by atoms with Crippen molar-refractivity contribution in [3.05, 3.63) is 29.3 Å². The van der Waals surface area contributed by atoms with Gasteiger partial charge in [-0.25, -0.2) is 4.79 Å². The minimum Gasteiger partial charge on any atom is -0.488 e. The average molecular weight is 219 g/mol. The predicted octanol–water partition coefficient (Wildman–Crippen LogP) is 1.61. The van der Waals surface area contributed by atoms with Gasteiger partial charge in [0.15, 0.2) is 0 Å². The fraction of sp³-hybridized carbons (Fsp3) is 0.250. The van der Waals surface area contributed by atoms with Gasteiger partial charge in [-0.3, -0.25) is 0 Å². The first kappa shape index (κ1) is 10.5. The monoisotopic (exact) mass is 219 g/mol. The largest absolute Gasteiger partial charge is 0.488 e. The molecule has 16 heavy (non-hydrogen) atoms. The zero-order valence-corrected chi connectivity index (χ0v) is 9.23. The van der Waals surface area contributed by atoms with Crippen LogP contribution in [0.1, 0.15) is 5.56 Å². The van der Waals surface area contributed by atoms with Gasteiger partial charge in [0.25, 0.3) is 0 Å². The molecular weight excluding hydrogens is 206 g/mol. The highest BCUT2D eigenvalue weighted by molar-refractivity contribution is 5.94. The first-order valence-corrected chi connectivity index (χ1v) is 4.96. The van der Waals surface area contributed by atoms with Crippen LogP contribution in [0.15, 0.2) is 23.8 Å². The second kappa shape index (κ2) is 3.89. The molecule has 1 aliphatic rings. The molecule has 1 aliphatic heterocycles. The summed E-state index contributed by atoms with van der Waals surface area (Å²) >= 11 is 0. The molecule has 2 rings (SSSR count). The zero-order valence-electron chi connectivity index (χ0n) is 9.23. The fourth-order valence-electron chi connectivity index (χ4n) is 1.57. The number of carboxylic acid groups (broad SMARTS) is 1. The van der Waals surface area contributed by atoms with Crippen molar-refractivity contribution < 1.29 is 14.6 Å². The van der Waals surface area contributed by atoms with Gasteiger partial charge in [0.05, 0.1) is 5.57 Å². The highest BCUT2D eigenvalue weighted by Gasteiger charge is 2.16. The molecule has 1 aromatic rings. The SMILES string of the molecule is CN(C)c1ccc2c(c1)C=C(C(=O)O)CO2. The summed E-state index contributed by atoms with van der Waals surface area (Å²) in [4.78, 5) is 12.8. The summed E-state index contributed by atoms with van der Waals surface area (Å²) < 4.78 is 5.36. The number of carbonyl (C=O) groups is 1. The summed E-state index contributed by atoms with van der Waals surface area (Å²) in [5.74, 6) is -0.198. The van der Waals surface area contributed by atoms with Crippen molar-refractivity contribution in [2.24, 2.45) is 0 Å². The van der Waals surface area contributed by atoms with Gasteiger partial charge in [-0.1, -0.05) is 0 Å². The van der Waals surface area contributed by atoms with Crippen molar-refractivity contribution >= 4 is 17.7 Å². The minimum absolute atomic E-state index is 0.129. The number of benzene rings is 1. The number of nitrogens with zero attached hydrogens (tertiary/aromatic N) is 1. The quantitative estimate of drug-likeness (QED) is 0.821. The molecule has 0 aliphatic carbocycles. The molecule has 1 heterocycles. The van der Waals surface area contributed by atoms with Crippen LogP contribution in [0.2, 0.25) is 0 Å². The minimum atomic E-state index is -0.930. The molecule has 0 spiro atoms. The Hall–Kier alpha value is -1.97. The van der Waals surface area contributed by atoms with E-state index in [1.807, 2.05) is 37.2 Å². The van der Waals surface area contributed by atoms with Crippen molar-refractivity contribution in [3.8, 4) is 5.75 Å². The average Bonchev–Trinajstić information content (AvgIpc) is 2.27. The highest BCUT2D eigenvalue weighted by Crippen LogP contribution is 2.29. The van der Waals surface area contributed by atoms with Crippen LogP contribution in [-0.2, 0) is 4.79 Å². The number of ether oxygens (including phenoxy) is 1. The number of anilines is 1. The van der Waals surface area contributed by atoms with Gasteiger partial charge in [-0.15, -0.1) is 0 Å². The lowest BCUT2D eigenvalue weighted by atomic mass is 10.1. The van der Waals surface area contributed by atoms with Crippen LogP contribution in [-0.4, -0.2) is 31.8 Å². The molecule has 0 saturated carbocycles. The number of hydrogen-bond donors (Lipinski definition) is 1. The Balaban J connectivity index is 2.43. The van der Waals surface area contributed by atoms with Gasteiger partial charge in [0.1, 0.15) is 12.4 Å². The molecule has 0 saturated heterocycles. The molecule has 1 aromatic carbocycles. The van der Waals surface area contributed by atoms with E-state index in [1.165, 1.54) is 0 Å². The molecular formula is C12H13NO3. The molecule has 0 bridgehead atoms. The number of carboxylic acids is 1. The molecule has 0 atom stereocenters. The Morgan fingerprint density at radius 1 is 1.44 bits per heavy atom. The standard InChI is InChI=1S/C12H13NO3/c1-13(2)10-3-4-11-8(6-10)5-9(7-16-11)12(14)15/h3-6H,7H2,1-2H3,(H,14,15). The van der Waals surface area contributed by atoms with E-state index in [9.17, 15) is 4.79 Å². The number of aliphatic carboxylic acids is 1. The maximum Gasteiger partial charge on any atom is 0.335 e. The number of hydrogen-bond acceptors (Lipinski definition) is 3. The van der Waals surface area contributed by atoms with Gasteiger partial charge in [0.2, 0.25) is 0 Å². The van der Waals surface area contributed by atoms with Crippen molar-refractivity contribution in [3.63, 3.8) is 0 Å². The summed E-state index contributed by atoms with van der Waals surface area (Å²) in [6.07, 6.45) is 1.66.